The fourth-order valence-corrected chi connectivity index (χ4v) is 3.76. The molecule has 1 aromatic rings. The Bertz CT molecular complexity index is 817. The van der Waals surface area contributed by atoms with E-state index >= 15 is 0 Å². The number of amides is 1. The lowest BCUT2D eigenvalue weighted by Gasteiger charge is -2.23. The first-order chi connectivity index (χ1) is 13.5. The first-order valence-corrected chi connectivity index (χ1v) is 9.52. The van der Waals surface area contributed by atoms with Crippen LogP contribution in [-0.4, -0.2) is 35.6 Å². The number of amidine groups is 1. The first kappa shape index (κ1) is 21.5. The van der Waals surface area contributed by atoms with E-state index in [0.717, 1.165) is 49.6 Å². The van der Waals surface area contributed by atoms with Crippen LogP contribution in [0.3, 0.4) is 0 Å². The third kappa shape index (κ3) is 5.46. The van der Waals surface area contributed by atoms with E-state index in [1.54, 1.807) is 0 Å². The van der Waals surface area contributed by atoms with Crippen LogP contribution < -0.4 is 10.1 Å². The highest BCUT2D eigenvalue weighted by molar-refractivity contribution is 8.18. The summed E-state index contributed by atoms with van der Waals surface area (Å²) >= 11 is 1.15. The van der Waals surface area contributed by atoms with Crippen molar-refractivity contribution in [3.05, 3.63) is 34.7 Å². The Balaban J connectivity index is 1.66. The minimum absolute atomic E-state index is 0.186. The van der Waals surface area contributed by atoms with E-state index in [2.05, 4.69) is 15.0 Å². The second kappa shape index (κ2) is 8.29. The van der Waals surface area contributed by atoms with Gasteiger partial charge in [0.05, 0.1) is 10.9 Å². The number of thioether (sulfide) groups is 1. The summed E-state index contributed by atoms with van der Waals surface area (Å²) in [6.45, 7) is 0. The van der Waals surface area contributed by atoms with Crippen LogP contribution in [0.1, 0.15) is 31.2 Å². The van der Waals surface area contributed by atoms with Gasteiger partial charge < -0.3 is 10.1 Å². The molecule has 29 heavy (non-hydrogen) atoms. The van der Waals surface area contributed by atoms with Crippen LogP contribution in [0.15, 0.2) is 34.2 Å². The highest BCUT2D eigenvalue weighted by Gasteiger charge is 2.59. The molecule has 0 bridgehead atoms. The number of nitrogens with one attached hydrogen (secondary N) is 1. The van der Waals surface area contributed by atoms with Crippen molar-refractivity contribution < 1.29 is 35.9 Å². The number of carbonyl (C=O) groups is 1. The normalized spacial score (nSPS) is 22.3. The van der Waals surface area contributed by atoms with Gasteiger partial charge in [-0.25, -0.2) is 4.39 Å². The van der Waals surface area contributed by atoms with E-state index in [0.29, 0.717) is 15.6 Å². The molecule has 1 atom stereocenters. The fraction of sp³-hybridized carbons (Fsp3) is 0.444. The molecule has 0 spiro atoms. The maximum Gasteiger partial charge on any atom is 0.439 e. The lowest BCUT2D eigenvalue weighted by atomic mass is 10.2. The molecule has 1 saturated heterocycles. The summed E-state index contributed by atoms with van der Waals surface area (Å²) in [7, 11) is 0. The molecule has 11 heteroatoms. The van der Waals surface area contributed by atoms with Crippen LogP contribution in [0.25, 0.3) is 6.08 Å². The predicted octanol–water partition coefficient (Wildman–Crippen LogP) is 5.06. The maximum atomic E-state index is 13.3. The summed E-state index contributed by atoms with van der Waals surface area (Å²) in [4.78, 5) is 16.9. The van der Waals surface area contributed by atoms with Crippen LogP contribution in [0.5, 0.6) is 5.75 Å². The maximum absolute atomic E-state index is 13.3. The Morgan fingerprint density at radius 3 is 2.34 bits per heavy atom. The number of hydrogen-bond donors (Lipinski definition) is 1. The molecule has 2 aliphatic rings. The number of ether oxygens (including phenoxy) is 1. The number of halogens is 6. The number of alkyl halides is 6. The quantitative estimate of drug-likeness (QED) is 0.517. The molecule has 1 unspecified atom stereocenters. The molecule has 1 aliphatic heterocycles. The third-order valence-corrected chi connectivity index (χ3v) is 5.21. The van der Waals surface area contributed by atoms with Crippen molar-refractivity contribution in [2.24, 2.45) is 4.99 Å². The van der Waals surface area contributed by atoms with Gasteiger partial charge in [0.1, 0.15) is 5.75 Å². The second-order valence-electron chi connectivity index (χ2n) is 6.57. The molecule has 0 radical (unpaired) electrons. The smallest absolute Gasteiger partial charge is 0.430 e. The molecule has 4 nitrogen and oxygen atoms in total. The Labute approximate surface area is 166 Å². The van der Waals surface area contributed by atoms with Gasteiger partial charge in [-0.05, 0) is 48.4 Å². The number of nitrogens with zero attached hydrogens (tertiary/aromatic N) is 1. The average molecular weight is 438 g/mol. The van der Waals surface area contributed by atoms with Crippen molar-refractivity contribution in [2.75, 3.05) is 0 Å². The zero-order valence-corrected chi connectivity index (χ0v) is 15.6. The molecular weight excluding hydrogens is 422 g/mol. The number of carbonyl (C=O) groups excluding carboxylic acids is 1. The molecule has 2 fully saturated rings. The largest absolute Gasteiger partial charge is 0.439 e. The van der Waals surface area contributed by atoms with Gasteiger partial charge in [0.15, 0.2) is 5.17 Å². The predicted molar refractivity (Wildman–Crippen MR) is 96.4 cm³/mol. The highest BCUT2D eigenvalue weighted by Crippen LogP contribution is 2.36. The first-order valence-electron chi connectivity index (χ1n) is 8.71. The van der Waals surface area contributed by atoms with E-state index in [1.807, 2.05) is 0 Å². The van der Waals surface area contributed by atoms with Crippen molar-refractivity contribution in [1.29, 1.82) is 0 Å². The minimum Gasteiger partial charge on any atom is -0.430 e. The van der Waals surface area contributed by atoms with Crippen molar-refractivity contribution in [3.8, 4) is 5.75 Å². The Kier molecular flexibility index (Phi) is 6.16. The zero-order valence-electron chi connectivity index (χ0n) is 14.8. The van der Waals surface area contributed by atoms with Crippen molar-refractivity contribution >= 4 is 28.9 Å². The van der Waals surface area contributed by atoms with Crippen LogP contribution in [-0.2, 0) is 4.79 Å². The van der Waals surface area contributed by atoms with Crippen molar-refractivity contribution in [2.45, 2.75) is 50.2 Å². The van der Waals surface area contributed by atoms with E-state index in [4.69, 9.17) is 0 Å². The zero-order chi connectivity index (χ0) is 21.2. The van der Waals surface area contributed by atoms with Gasteiger partial charge in [-0.15, -0.1) is 0 Å². The van der Waals surface area contributed by atoms with E-state index < -0.39 is 24.2 Å². The summed E-state index contributed by atoms with van der Waals surface area (Å²) in [5.41, 5.74) is 0.424. The standard InChI is InChI=1S/C18H16F6N2O2S/c19-15(17(20,21)22)18(23,24)28-12-7-5-10(6-8-12)9-13-14(27)26-16(29-13)25-11-3-1-2-4-11/h5-9,11,15H,1-4H2,(H,25,26,27)/b13-9-. The lowest BCUT2D eigenvalue weighted by Crippen LogP contribution is -2.45. The summed E-state index contributed by atoms with van der Waals surface area (Å²) in [5.74, 6) is -1.000. The number of benzene rings is 1. The number of rotatable bonds is 5. The average Bonchev–Trinajstić information content (AvgIpc) is 3.25. The van der Waals surface area contributed by atoms with Gasteiger partial charge in [-0.1, -0.05) is 25.0 Å². The molecule has 3 rings (SSSR count). The van der Waals surface area contributed by atoms with Gasteiger partial charge in [-0.3, -0.25) is 9.79 Å². The number of aliphatic imine (C=N–C) groups is 1. The lowest BCUT2D eigenvalue weighted by molar-refractivity contribution is -0.304. The van der Waals surface area contributed by atoms with E-state index in [9.17, 15) is 31.1 Å². The molecule has 158 valence electrons. The van der Waals surface area contributed by atoms with Gasteiger partial charge >= 0.3 is 12.3 Å². The Morgan fingerprint density at radius 1 is 1.14 bits per heavy atom. The second-order valence-corrected chi connectivity index (χ2v) is 7.61. The summed E-state index contributed by atoms with van der Waals surface area (Å²) in [6, 6.07) is 4.65. The monoisotopic (exact) mass is 438 g/mol. The van der Waals surface area contributed by atoms with Gasteiger partial charge in [0, 0.05) is 0 Å². The molecule has 1 aliphatic carbocycles. The van der Waals surface area contributed by atoms with Gasteiger partial charge in [0.2, 0.25) is 0 Å². The summed E-state index contributed by atoms with van der Waals surface area (Å²) < 4.78 is 79.8. The van der Waals surface area contributed by atoms with Crippen molar-refractivity contribution in [1.82, 2.24) is 5.32 Å². The van der Waals surface area contributed by atoms with Gasteiger partial charge in [-0.2, -0.15) is 22.0 Å². The summed E-state index contributed by atoms with van der Waals surface area (Å²) in [6.07, 6.45) is -9.65. The minimum atomic E-state index is -5.75. The fourth-order valence-electron chi connectivity index (χ4n) is 2.87. The summed E-state index contributed by atoms with van der Waals surface area (Å²) in [5, 5.41) is 3.15. The topological polar surface area (TPSA) is 50.7 Å². The van der Waals surface area contributed by atoms with Crippen LogP contribution >= 0.6 is 11.8 Å². The Morgan fingerprint density at radius 2 is 1.76 bits per heavy atom. The molecule has 1 aromatic carbocycles. The highest BCUT2D eigenvalue weighted by atomic mass is 32.2. The van der Waals surface area contributed by atoms with Crippen LogP contribution in [0.2, 0.25) is 0 Å². The molecule has 1 heterocycles. The number of hydrogen-bond acceptors (Lipinski definition) is 4. The van der Waals surface area contributed by atoms with Crippen LogP contribution in [0, 0.1) is 0 Å². The molecule has 0 aromatic heterocycles. The third-order valence-electron chi connectivity index (χ3n) is 4.29. The Hall–Kier alpha value is -2.17. The molecule has 1 N–H and O–H groups in total. The molecular formula is C18H16F6N2O2S. The van der Waals surface area contributed by atoms with Crippen LogP contribution in [0.4, 0.5) is 26.3 Å². The molecule has 1 saturated carbocycles. The SMILES string of the molecule is O=C1NC(=NC2CCCC2)S/C1=C\c1ccc(OC(F)(F)C(F)C(F)(F)F)cc1. The van der Waals surface area contributed by atoms with E-state index in [-0.39, 0.29) is 11.9 Å². The van der Waals surface area contributed by atoms with E-state index in [1.165, 1.54) is 18.2 Å². The van der Waals surface area contributed by atoms with Gasteiger partial charge in [0.25, 0.3) is 12.1 Å². The van der Waals surface area contributed by atoms with Crippen molar-refractivity contribution in [3.63, 3.8) is 0 Å². The molecule has 1 amide bonds.